The van der Waals surface area contributed by atoms with Crippen LogP contribution in [0.4, 0.5) is 5.69 Å². The van der Waals surface area contributed by atoms with Crippen LogP contribution < -0.4 is 5.32 Å². The number of hydrogen-bond donors (Lipinski definition) is 1. The molecule has 1 unspecified atom stereocenters. The number of nitrogens with one attached hydrogen (secondary N) is 1. The Balaban J connectivity index is 2.10. The first-order chi connectivity index (χ1) is 7.57. The molecule has 2 heteroatoms. The fourth-order valence-corrected chi connectivity index (χ4v) is 2.39. The van der Waals surface area contributed by atoms with Gasteiger partial charge in [0.05, 0.1) is 0 Å². The molecule has 0 aromatic heterocycles. The van der Waals surface area contributed by atoms with E-state index >= 15 is 0 Å². The molecule has 16 heavy (non-hydrogen) atoms. The number of benzene rings is 1. The third-order valence-corrected chi connectivity index (χ3v) is 3.80. The van der Waals surface area contributed by atoms with E-state index in [1.807, 2.05) is 0 Å². The van der Waals surface area contributed by atoms with E-state index in [-0.39, 0.29) is 3.55 Å². The van der Waals surface area contributed by atoms with E-state index in [2.05, 4.69) is 84.2 Å². The van der Waals surface area contributed by atoms with Gasteiger partial charge in [-0.1, -0.05) is 35.4 Å². The molecule has 1 aliphatic carbocycles. The lowest BCUT2D eigenvalue weighted by atomic mass is 10.0. The Morgan fingerprint density at radius 1 is 1.19 bits per heavy atom. The van der Waals surface area contributed by atoms with Gasteiger partial charge in [-0.05, 0) is 54.6 Å². The molecule has 0 saturated carbocycles. The van der Waals surface area contributed by atoms with E-state index in [9.17, 15) is 0 Å². The lowest BCUT2D eigenvalue weighted by molar-refractivity contribution is 0.844. The molecular formula is C14H16IN. The zero-order valence-electron chi connectivity index (χ0n) is 9.63. The predicted molar refractivity (Wildman–Crippen MR) is 79.1 cm³/mol. The molecular weight excluding hydrogens is 309 g/mol. The van der Waals surface area contributed by atoms with Crippen LogP contribution >= 0.6 is 22.6 Å². The van der Waals surface area contributed by atoms with Crippen LogP contribution in [0.1, 0.15) is 18.9 Å². The maximum atomic E-state index is 3.56. The lowest BCUT2D eigenvalue weighted by Gasteiger charge is -2.28. The van der Waals surface area contributed by atoms with Crippen molar-refractivity contribution in [3.63, 3.8) is 0 Å². The van der Waals surface area contributed by atoms with Crippen molar-refractivity contribution in [2.45, 2.75) is 23.8 Å². The van der Waals surface area contributed by atoms with Crippen molar-refractivity contribution >= 4 is 28.3 Å². The smallest absolute Gasteiger partial charge is 0.111 e. The highest BCUT2D eigenvalue weighted by Crippen LogP contribution is 2.31. The summed E-state index contributed by atoms with van der Waals surface area (Å²) in [6.45, 7) is 4.24. The summed E-state index contributed by atoms with van der Waals surface area (Å²) in [6.07, 6.45) is 7.72. The Kier molecular flexibility index (Phi) is 3.38. The number of rotatable bonds is 2. The Morgan fingerprint density at radius 2 is 1.88 bits per heavy atom. The van der Waals surface area contributed by atoms with Gasteiger partial charge in [0.15, 0.2) is 0 Å². The van der Waals surface area contributed by atoms with Gasteiger partial charge in [-0.3, -0.25) is 0 Å². The van der Waals surface area contributed by atoms with Gasteiger partial charge < -0.3 is 5.32 Å². The summed E-state index contributed by atoms with van der Waals surface area (Å²) in [5.41, 5.74) is 3.82. The van der Waals surface area contributed by atoms with E-state index < -0.39 is 0 Å². The van der Waals surface area contributed by atoms with Crippen LogP contribution in [0, 0.1) is 6.92 Å². The topological polar surface area (TPSA) is 12.0 Å². The molecule has 0 spiro atoms. The van der Waals surface area contributed by atoms with Gasteiger partial charge in [-0.2, -0.15) is 0 Å². The fraction of sp³-hybridized carbons (Fsp3) is 0.286. The normalized spacial score (nSPS) is 24.1. The Bertz CT molecular complexity index is 431. The molecule has 1 aliphatic rings. The summed E-state index contributed by atoms with van der Waals surface area (Å²) in [7, 11) is 0. The van der Waals surface area contributed by atoms with Gasteiger partial charge >= 0.3 is 0 Å². The van der Waals surface area contributed by atoms with E-state index in [4.69, 9.17) is 0 Å². The highest BCUT2D eigenvalue weighted by Gasteiger charge is 2.23. The third kappa shape index (κ3) is 2.88. The van der Waals surface area contributed by atoms with Crippen molar-refractivity contribution in [2.75, 3.05) is 5.32 Å². The summed E-state index contributed by atoms with van der Waals surface area (Å²) < 4.78 is 0.0204. The van der Waals surface area contributed by atoms with E-state index in [0.717, 1.165) is 6.42 Å². The number of anilines is 1. The summed E-state index contributed by atoms with van der Waals surface area (Å²) >= 11 is 2.47. The third-order valence-electron chi connectivity index (χ3n) is 2.74. The van der Waals surface area contributed by atoms with Crippen molar-refractivity contribution in [1.29, 1.82) is 0 Å². The maximum absolute atomic E-state index is 3.56. The predicted octanol–water partition coefficient (Wildman–Crippen LogP) is 4.44. The molecule has 0 saturated heterocycles. The van der Waals surface area contributed by atoms with Gasteiger partial charge in [0.25, 0.3) is 0 Å². The first-order valence-corrected chi connectivity index (χ1v) is 6.55. The standard InChI is InChI=1S/C14H16IN/c1-11-3-5-13(6-4-11)16-14(15)9-7-12(2)8-10-14/h3-9,16H,10H2,1-2H3. The summed E-state index contributed by atoms with van der Waals surface area (Å²) in [6, 6.07) is 8.54. The van der Waals surface area contributed by atoms with Crippen molar-refractivity contribution in [1.82, 2.24) is 0 Å². The molecule has 0 heterocycles. The monoisotopic (exact) mass is 325 g/mol. The second kappa shape index (κ2) is 4.62. The highest BCUT2D eigenvalue weighted by atomic mass is 127. The van der Waals surface area contributed by atoms with Gasteiger partial charge in [0.2, 0.25) is 0 Å². The molecule has 0 fully saturated rings. The minimum atomic E-state index is 0.0204. The molecule has 1 aromatic rings. The molecule has 0 amide bonds. The van der Waals surface area contributed by atoms with Crippen LogP contribution in [0.5, 0.6) is 0 Å². The Morgan fingerprint density at radius 3 is 2.44 bits per heavy atom. The molecule has 1 atom stereocenters. The van der Waals surface area contributed by atoms with Crippen LogP contribution in [-0.4, -0.2) is 3.55 Å². The maximum Gasteiger partial charge on any atom is 0.111 e. The number of alkyl halides is 1. The molecule has 1 nitrogen and oxygen atoms in total. The summed E-state index contributed by atoms with van der Waals surface area (Å²) in [5.74, 6) is 0. The van der Waals surface area contributed by atoms with Crippen LogP contribution in [-0.2, 0) is 0 Å². The van der Waals surface area contributed by atoms with E-state index in [1.165, 1.54) is 16.8 Å². The molecule has 0 aliphatic heterocycles. The lowest BCUT2D eigenvalue weighted by Crippen LogP contribution is -2.29. The first-order valence-electron chi connectivity index (χ1n) is 5.47. The Hall–Kier alpha value is -0.770. The fourth-order valence-electron chi connectivity index (χ4n) is 1.68. The number of allylic oxidation sites excluding steroid dienone is 2. The molecule has 1 aromatic carbocycles. The van der Waals surface area contributed by atoms with Gasteiger partial charge in [0, 0.05) is 12.1 Å². The summed E-state index contributed by atoms with van der Waals surface area (Å²) in [4.78, 5) is 0. The van der Waals surface area contributed by atoms with Crippen LogP contribution in [0.25, 0.3) is 0 Å². The second-order valence-electron chi connectivity index (χ2n) is 4.34. The molecule has 0 bridgehead atoms. The minimum Gasteiger partial charge on any atom is -0.367 e. The number of aryl methyl sites for hydroxylation is 1. The van der Waals surface area contributed by atoms with Crippen LogP contribution in [0.15, 0.2) is 48.1 Å². The summed E-state index contributed by atoms with van der Waals surface area (Å²) in [5, 5.41) is 3.56. The quantitative estimate of drug-likeness (QED) is 0.481. The average molecular weight is 325 g/mol. The first kappa shape index (κ1) is 11.7. The number of halogens is 1. The average Bonchev–Trinajstić information content (AvgIpc) is 2.27. The zero-order valence-corrected chi connectivity index (χ0v) is 11.8. The molecule has 1 N–H and O–H groups in total. The van der Waals surface area contributed by atoms with Gasteiger partial charge in [0.1, 0.15) is 3.55 Å². The SMILES string of the molecule is CC1=CCC(I)(Nc2ccc(C)cc2)C=C1. The van der Waals surface area contributed by atoms with Gasteiger partial charge in [-0.15, -0.1) is 0 Å². The molecule has 0 radical (unpaired) electrons. The van der Waals surface area contributed by atoms with Crippen LogP contribution in [0.3, 0.4) is 0 Å². The minimum absolute atomic E-state index is 0.0204. The zero-order chi connectivity index (χ0) is 11.6. The molecule has 84 valence electrons. The van der Waals surface area contributed by atoms with Crippen molar-refractivity contribution in [2.24, 2.45) is 0 Å². The van der Waals surface area contributed by atoms with Crippen molar-refractivity contribution < 1.29 is 0 Å². The molecule has 2 rings (SSSR count). The Labute approximate surface area is 111 Å². The van der Waals surface area contributed by atoms with Gasteiger partial charge in [-0.25, -0.2) is 0 Å². The van der Waals surface area contributed by atoms with Crippen molar-refractivity contribution in [3.05, 3.63) is 53.6 Å². The van der Waals surface area contributed by atoms with Crippen molar-refractivity contribution in [3.8, 4) is 0 Å². The van der Waals surface area contributed by atoms with Crippen LogP contribution in [0.2, 0.25) is 0 Å². The van der Waals surface area contributed by atoms with E-state index in [1.54, 1.807) is 0 Å². The highest BCUT2D eigenvalue weighted by molar-refractivity contribution is 14.1. The number of hydrogen-bond acceptors (Lipinski definition) is 1. The largest absolute Gasteiger partial charge is 0.367 e. The van der Waals surface area contributed by atoms with E-state index in [0.29, 0.717) is 0 Å². The second-order valence-corrected chi connectivity index (χ2v) is 6.26.